The van der Waals surface area contributed by atoms with Crippen LogP contribution < -0.4 is 10.5 Å². The van der Waals surface area contributed by atoms with Crippen molar-refractivity contribution in [2.75, 3.05) is 0 Å². The van der Waals surface area contributed by atoms with Gasteiger partial charge in [0.15, 0.2) is 0 Å². The number of amides is 1. The minimum atomic E-state index is -0.822. The summed E-state index contributed by atoms with van der Waals surface area (Å²) in [7, 11) is 0. The monoisotopic (exact) mass is 357 g/mol. The number of halogens is 1. The van der Waals surface area contributed by atoms with E-state index in [9.17, 15) is 14.9 Å². The maximum atomic E-state index is 11.0. The summed E-state index contributed by atoms with van der Waals surface area (Å²) < 4.78 is 5.58. The van der Waals surface area contributed by atoms with Gasteiger partial charge in [0, 0.05) is 12.1 Å². The molecule has 0 aliphatic rings. The second-order valence-electron chi connectivity index (χ2n) is 4.94. The Morgan fingerprint density at radius 3 is 2.52 bits per heavy atom. The number of nitro benzene ring substituents is 1. The van der Waals surface area contributed by atoms with E-state index in [1.807, 2.05) is 0 Å². The van der Waals surface area contributed by atoms with E-state index in [4.69, 9.17) is 27.3 Å². The molecule has 0 spiro atoms. The minimum absolute atomic E-state index is 0.000621. The van der Waals surface area contributed by atoms with Crippen LogP contribution in [0, 0.1) is 21.4 Å². The van der Waals surface area contributed by atoms with Gasteiger partial charge in [-0.2, -0.15) is 5.26 Å². The lowest BCUT2D eigenvalue weighted by molar-refractivity contribution is -0.384. The fraction of sp³-hybridized carbons (Fsp3) is 0.0588. The molecule has 0 bridgehead atoms. The summed E-state index contributed by atoms with van der Waals surface area (Å²) in [4.78, 5) is 21.2. The van der Waals surface area contributed by atoms with Crippen LogP contribution >= 0.6 is 11.6 Å². The van der Waals surface area contributed by atoms with Gasteiger partial charge in [0.2, 0.25) is 0 Å². The number of hydrogen-bond donors (Lipinski definition) is 1. The molecule has 1 amide bonds. The Hall–Kier alpha value is -3.37. The summed E-state index contributed by atoms with van der Waals surface area (Å²) in [5, 5.41) is 19.7. The number of nitrogens with two attached hydrogens (primary N) is 1. The van der Waals surface area contributed by atoms with Crippen molar-refractivity contribution < 1.29 is 14.5 Å². The van der Waals surface area contributed by atoms with Crippen molar-refractivity contribution >= 4 is 29.3 Å². The Labute approximate surface area is 148 Å². The van der Waals surface area contributed by atoms with Crippen molar-refractivity contribution in [3.8, 4) is 11.8 Å². The van der Waals surface area contributed by atoms with Gasteiger partial charge in [-0.15, -0.1) is 0 Å². The van der Waals surface area contributed by atoms with E-state index < -0.39 is 10.8 Å². The average Bonchev–Trinajstić information content (AvgIpc) is 2.59. The summed E-state index contributed by atoms with van der Waals surface area (Å²) in [5.41, 5.74) is 6.16. The van der Waals surface area contributed by atoms with Gasteiger partial charge in [0.05, 0.1) is 9.95 Å². The third-order valence-corrected chi connectivity index (χ3v) is 3.49. The van der Waals surface area contributed by atoms with E-state index in [2.05, 4.69) is 0 Å². The molecule has 0 fully saturated rings. The lowest BCUT2D eigenvalue weighted by atomic mass is 10.1. The molecule has 0 unspecified atom stereocenters. The molecule has 0 heterocycles. The highest BCUT2D eigenvalue weighted by atomic mass is 35.5. The Kier molecular flexibility index (Phi) is 5.71. The van der Waals surface area contributed by atoms with Crippen LogP contribution in [0.25, 0.3) is 6.08 Å². The number of hydrogen-bond acceptors (Lipinski definition) is 5. The van der Waals surface area contributed by atoms with Crippen LogP contribution in [0.1, 0.15) is 11.1 Å². The van der Waals surface area contributed by atoms with Crippen molar-refractivity contribution in [2.45, 2.75) is 6.61 Å². The maximum absolute atomic E-state index is 11.0. The number of nitriles is 1. The second kappa shape index (κ2) is 7.95. The maximum Gasteiger partial charge on any atom is 0.269 e. The lowest BCUT2D eigenvalue weighted by Gasteiger charge is -2.09. The highest BCUT2D eigenvalue weighted by Crippen LogP contribution is 2.27. The molecule has 126 valence electrons. The molecule has 0 aliphatic heterocycles. The molecule has 2 N–H and O–H groups in total. The first-order valence-electron chi connectivity index (χ1n) is 6.98. The van der Waals surface area contributed by atoms with Gasteiger partial charge in [-0.05, 0) is 41.5 Å². The molecular weight excluding hydrogens is 346 g/mol. The molecule has 0 aliphatic carbocycles. The second-order valence-corrected chi connectivity index (χ2v) is 5.34. The summed E-state index contributed by atoms with van der Waals surface area (Å²) >= 11 is 6.13. The van der Waals surface area contributed by atoms with Gasteiger partial charge in [-0.3, -0.25) is 14.9 Å². The lowest BCUT2D eigenvalue weighted by Crippen LogP contribution is -2.12. The number of carbonyl (C=O) groups excluding carboxylic acids is 1. The summed E-state index contributed by atoms with van der Waals surface area (Å²) in [6.07, 6.45) is 1.33. The van der Waals surface area contributed by atoms with E-state index >= 15 is 0 Å². The van der Waals surface area contributed by atoms with Crippen molar-refractivity contribution in [2.24, 2.45) is 5.73 Å². The predicted molar refractivity (Wildman–Crippen MR) is 91.7 cm³/mol. The summed E-state index contributed by atoms with van der Waals surface area (Å²) in [5.74, 6) is -0.424. The SMILES string of the molecule is N#C/C(=C\c1ccc(OCc2ccc([N+](=O)[O-])cc2)c(Cl)c1)C(N)=O. The Morgan fingerprint density at radius 2 is 2.00 bits per heavy atom. The standard InChI is InChI=1S/C17H12ClN3O4/c18-15-8-12(7-13(9-19)17(20)22)3-6-16(15)25-10-11-1-4-14(5-2-11)21(23)24/h1-8H,10H2,(H2,20,22)/b13-7+. The Balaban J connectivity index is 2.10. The fourth-order valence-electron chi connectivity index (χ4n) is 1.92. The van der Waals surface area contributed by atoms with Crippen LogP contribution in [-0.4, -0.2) is 10.8 Å². The van der Waals surface area contributed by atoms with Crippen LogP contribution in [0.15, 0.2) is 48.0 Å². The van der Waals surface area contributed by atoms with E-state index in [0.29, 0.717) is 11.3 Å². The predicted octanol–water partition coefficient (Wildman–Crippen LogP) is 3.22. The number of rotatable bonds is 6. The number of nitrogens with zero attached hydrogens (tertiary/aromatic N) is 2. The third kappa shape index (κ3) is 4.80. The highest BCUT2D eigenvalue weighted by Gasteiger charge is 2.08. The number of non-ortho nitro benzene ring substituents is 1. The molecule has 0 saturated heterocycles. The van der Waals surface area contributed by atoms with E-state index in [1.165, 1.54) is 24.3 Å². The first kappa shape index (κ1) is 18.0. The van der Waals surface area contributed by atoms with Crippen molar-refractivity contribution in [1.29, 1.82) is 5.26 Å². The quantitative estimate of drug-likeness (QED) is 0.368. The van der Waals surface area contributed by atoms with Crippen LogP contribution in [-0.2, 0) is 11.4 Å². The molecule has 0 radical (unpaired) electrons. The number of nitro groups is 1. The van der Waals surface area contributed by atoms with Crippen LogP contribution in [0.4, 0.5) is 5.69 Å². The minimum Gasteiger partial charge on any atom is -0.487 e. The highest BCUT2D eigenvalue weighted by molar-refractivity contribution is 6.32. The van der Waals surface area contributed by atoms with Gasteiger partial charge in [-0.1, -0.05) is 17.7 Å². The first-order chi connectivity index (χ1) is 11.9. The molecule has 2 aromatic carbocycles. The Bertz CT molecular complexity index is 886. The molecule has 0 saturated carbocycles. The zero-order chi connectivity index (χ0) is 18.4. The van der Waals surface area contributed by atoms with Gasteiger partial charge < -0.3 is 10.5 Å². The Morgan fingerprint density at radius 1 is 1.32 bits per heavy atom. The number of ether oxygens (including phenoxy) is 1. The average molecular weight is 358 g/mol. The smallest absolute Gasteiger partial charge is 0.269 e. The normalized spacial score (nSPS) is 10.8. The van der Waals surface area contributed by atoms with Crippen LogP contribution in [0.5, 0.6) is 5.75 Å². The molecule has 0 atom stereocenters. The zero-order valence-electron chi connectivity index (χ0n) is 12.8. The number of primary amides is 1. The molecule has 2 aromatic rings. The van der Waals surface area contributed by atoms with Gasteiger partial charge in [0.1, 0.15) is 24.0 Å². The van der Waals surface area contributed by atoms with E-state index in [-0.39, 0.29) is 22.9 Å². The van der Waals surface area contributed by atoms with Crippen LogP contribution in [0.3, 0.4) is 0 Å². The van der Waals surface area contributed by atoms with Gasteiger partial charge in [0.25, 0.3) is 11.6 Å². The van der Waals surface area contributed by atoms with E-state index in [0.717, 1.165) is 5.56 Å². The first-order valence-corrected chi connectivity index (χ1v) is 7.36. The zero-order valence-corrected chi connectivity index (χ0v) is 13.6. The topological polar surface area (TPSA) is 119 Å². The molecule has 2 rings (SSSR count). The molecule has 25 heavy (non-hydrogen) atoms. The fourth-order valence-corrected chi connectivity index (χ4v) is 2.17. The summed E-state index contributed by atoms with van der Waals surface area (Å²) in [6, 6.07) is 12.4. The molecule has 0 aromatic heterocycles. The molecule has 8 heteroatoms. The van der Waals surface area contributed by atoms with Crippen molar-refractivity contribution in [3.05, 3.63) is 74.3 Å². The van der Waals surface area contributed by atoms with E-state index in [1.54, 1.807) is 30.3 Å². The summed E-state index contributed by atoms with van der Waals surface area (Å²) in [6.45, 7) is 0.178. The van der Waals surface area contributed by atoms with Crippen LogP contribution in [0.2, 0.25) is 5.02 Å². The molecular formula is C17H12ClN3O4. The number of benzene rings is 2. The van der Waals surface area contributed by atoms with Gasteiger partial charge >= 0.3 is 0 Å². The van der Waals surface area contributed by atoms with Crippen molar-refractivity contribution in [3.63, 3.8) is 0 Å². The van der Waals surface area contributed by atoms with Gasteiger partial charge in [-0.25, -0.2) is 0 Å². The third-order valence-electron chi connectivity index (χ3n) is 3.19. The number of carbonyl (C=O) groups is 1. The van der Waals surface area contributed by atoms with Crippen molar-refractivity contribution in [1.82, 2.24) is 0 Å². The molecule has 7 nitrogen and oxygen atoms in total. The largest absolute Gasteiger partial charge is 0.487 e.